The van der Waals surface area contributed by atoms with Crippen LogP contribution in [0.5, 0.6) is 11.5 Å². The van der Waals surface area contributed by atoms with Gasteiger partial charge in [0.05, 0.1) is 18.1 Å². The topological polar surface area (TPSA) is 97.0 Å². The van der Waals surface area contributed by atoms with Gasteiger partial charge in [-0.25, -0.2) is 13.1 Å². The molecule has 0 aromatic heterocycles. The van der Waals surface area contributed by atoms with Crippen molar-refractivity contribution in [2.45, 2.75) is 24.2 Å². The molecule has 1 aromatic carbocycles. The van der Waals surface area contributed by atoms with Gasteiger partial charge < -0.3 is 19.7 Å². The molecule has 0 spiro atoms. The first-order chi connectivity index (χ1) is 12.6. The van der Waals surface area contributed by atoms with Crippen LogP contribution in [0.1, 0.15) is 19.3 Å². The van der Waals surface area contributed by atoms with E-state index in [1.54, 1.807) is 11.0 Å². The number of sulfonamides is 1. The van der Waals surface area contributed by atoms with Crippen molar-refractivity contribution in [3.63, 3.8) is 0 Å². The van der Waals surface area contributed by atoms with Crippen molar-refractivity contribution in [3.05, 3.63) is 18.2 Å². The fourth-order valence-electron chi connectivity index (χ4n) is 2.94. The van der Waals surface area contributed by atoms with Crippen LogP contribution in [-0.2, 0) is 14.8 Å². The second kappa shape index (κ2) is 10.1. The van der Waals surface area contributed by atoms with Crippen LogP contribution in [0.3, 0.4) is 0 Å². The number of hydrogen-bond donors (Lipinski definition) is 2. The van der Waals surface area contributed by atoms with Crippen molar-refractivity contribution in [1.82, 2.24) is 14.9 Å². The molecule has 8 nitrogen and oxygen atoms in total. The molecule has 3 rings (SSSR count). The van der Waals surface area contributed by atoms with E-state index in [9.17, 15) is 13.2 Å². The molecule has 0 atom stereocenters. The lowest BCUT2D eigenvalue weighted by Crippen LogP contribution is -2.36. The SMILES string of the molecule is Cl.O=C(CCNS(=O)(=O)c1ccc2c(c1)OCCCO2)N1CCCNCC1. The Morgan fingerprint density at radius 3 is 2.70 bits per heavy atom. The highest BCUT2D eigenvalue weighted by Gasteiger charge is 2.20. The Balaban J connectivity index is 0.00000261. The van der Waals surface area contributed by atoms with E-state index >= 15 is 0 Å². The quantitative estimate of drug-likeness (QED) is 0.731. The van der Waals surface area contributed by atoms with E-state index in [1.807, 2.05) is 0 Å². The Labute approximate surface area is 166 Å². The predicted molar refractivity (Wildman–Crippen MR) is 103 cm³/mol. The van der Waals surface area contributed by atoms with Crippen LogP contribution >= 0.6 is 12.4 Å². The normalized spacial score (nSPS) is 17.4. The first-order valence-corrected chi connectivity index (χ1v) is 10.4. The van der Waals surface area contributed by atoms with Crippen LogP contribution < -0.4 is 19.5 Å². The van der Waals surface area contributed by atoms with Crippen molar-refractivity contribution < 1.29 is 22.7 Å². The molecule has 1 fully saturated rings. The van der Waals surface area contributed by atoms with E-state index in [4.69, 9.17) is 9.47 Å². The van der Waals surface area contributed by atoms with E-state index in [0.717, 1.165) is 25.9 Å². The van der Waals surface area contributed by atoms with E-state index in [-0.39, 0.29) is 36.2 Å². The Hall–Kier alpha value is -1.55. The van der Waals surface area contributed by atoms with Gasteiger partial charge in [0.1, 0.15) is 0 Å². The Bertz CT molecular complexity index is 736. The number of ether oxygens (including phenoxy) is 2. The molecule has 0 saturated carbocycles. The number of nitrogens with one attached hydrogen (secondary N) is 2. The maximum Gasteiger partial charge on any atom is 0.240 e. The summed E-state index contributed by atoms with van der Waals surface area (Å²) in [6.45, 7) is 4.15. The summed E-state index contributed by atoms with van der Waals surface area (Å²) in [6, 6.07) is 4.55. The minimum Gasteiger partial charge on any atom is -0.490 e. The van der Waals surface area contributed by atoms with Gasteiger partial charge in [-0.2, -0.15) is 0 Å². The average Bonchev–Trinajstić information content (AvgIpc) is 3.03. The molecule has 152 valence electrons. The molecule has 2 heterocycles. The zero-order valence-corrected chi connectivity index (χ0v) is 16.7. The first kappa shape index (κ1) is 21.7. The van der Waals surface area contributed by atoms with Crippen LogP contribution in [0.25, 0.3) is 0 Å². The molecular formula is C17H26ClN3O5S. The van der Waals surface area contributed by atoms with Crippen molar-refractivity contribution in [2.75, 3.05) is 45.9 Å². The van der Waals surface area contributed by atoms with Gasteiger partial charge in [0.2, 0.25) is 15.9 Å². The first-order valence-electron chi connectivity index (χ1n) is 8.94. The number of halogens is 1. The largest absolute Gasteiger partial charge is 0.490 e. The van der Waals surface area contributed by atoms with E-state index in [0.29, 0.717) is 37.8 Å². The number of nitrogens with zero attached hydrogens (tertiary/aromatic N) is 1. The van der Waals surface area contributed by atoms with Crippen molar-refractivity contribution in [2.24, 2.45) is 0 Å². The molecule has 27 heavy (non-hydrogen) atoms. The summed E-state index contributed by atoms with van der Waals surface area (Å²) in [5, 5.41) is 3.24. The third kappa shape index (κ3) is 5.97. The molecule has 0 aliphatic carbocycles. The number of amides is 1. The fourth-order valence-corrected chi connectivity index (χ4v) is 3.99. The third-order valence-corrected chi connectivity index (χ3v) is 5.81. The highest BCUT2D eigenvalue weighted by Crippen LogP contribution is 2.31. The summed E-state index contributed by atoms with van der Waals surface area (Å²) in [7, 11) is -3.71. The number of carbonyl (C=O) groups is 1. The van der Waals surface area contributed by atoms with Crippen molar-refractivity contribution in [1.29, 1.82) is 0 Å². The molecule has 2 aliphatic heterocycles. The Kier molecular flexibility index (Phi) is 8.15. The van der Waals surface area contributed by atoms with Crippen LogP contribution in [0, 0.1) is 0 Å². The van der Waals surface area contributed by atoms with Crippen LogP contribution in [0.4, 0.5) is 0 Å². The molecule has 0 bridgehead atoms. The lowest BCUT2D eigenvalue weighted by molar-refractivity contribution is -0.130. The zero-order valence-electron chi connectivity index (χ0n) is 15.1. The van der Waals surface area contributed by atoms with E-state index < -0.39 is 10.0 Å². The molecule has 2 aliphatic rings. The number of fused-ring (bicyclic) bond motifs is 1. The lowest BCUT2D eigenvalue weighted by atomic mass is 10.3. The second-order valence-electron chi connectivity index (χ2n) is 6.29. The minimum absolute atomic E-state index is 0. The molecule has 2 N–H and O–H groups in total. The van der Waals surface area contributed by atoms with Crippen LogP contribution in [-0.4, -0.2) is 65.2 Å². The Morgan fingerprint density at radius 1 is 1.11 bits per heavy atom. The highest BCUT2D eigenvalue weighted by molar-refractivity contribution is 7.89. The second-order valence-corrected chi connectivity index (χ2v) is 8.06. The summed E-state index contributed by atoms with van der Waals surface area (Å²) < 4.78 is 38.5. The number of hydrogen-bond acceptors (Lipinski definition) is 6. The molecule has 0 radical (unpaired) electrons. The molecule has 1 saturated heterocycles. The molecule has 1 amide bonds. The van der Waals surface area contributed by atoms with Crippen LogP contribution in [0.15, 0.2) is 23.1 Å². The number of benzene rings is 1. The van der Waals surface area contributed by atoms with Gasteiger partial charge in [0.15, 0.2) is 11.5 Å². The maximum absolute atomic E-state index is 12.5. The van der Waals surface area contributed by atoms with Crippen molar-refractivity contribution in [3.8, 4) is 11.5 Å². The van der Waals surface area contributed by atoms with Gasteiger partial charge in [-0.1, -0.05) is 0 Å². The maximum atomic E-state index is 12.5. The number of carbonyl (C=O) groups excluding carboxylic acids is 1. The van der Waals surface area contributed by atoms with Gasteiger partial charge in [0, 0.05) is 45.1 Å². The van der Waals surface area contributed by atoms with Crippen molar-refractivity contribution >= 4 is 28.3 Å². The summed E-state index contributed by atoms with van der Waals surface area (Å²) in [5.74, 6) is 0.944. The highest BCUT2D eigenvalue weighted by atomic mass is 35.5. The standard InChI is InChI=1S/C17H25N3O5S.ClH/c21-17(20-9-1-6-18-8-10-20)5-7-19-26(22,23)14-3-4-15-16(13-14)25-12-2-11-24-15;/h3-4,13,18-19H,1-2,5-12H2;1H. The predicted octanol–water partition coefficient (Wildman–Crippen LogP) is 0.760. The molecular weight excluding hydrogens is 394 g/mol. The van der Waals surface area contributed by atoms with Gasteiger partial charge in [-0.3, -0.25) is 4.79 Å². The number of rotatable bonds is 5. The monoisotopic (exact) mass is 419 g/mol. The third-order valence-electron chi connectivity index (χ3n) is 4.35. The summed E-state index contributed by atoms with van der Waals surface area (Å²) in [6.07, 6.45) is 1.81. The van der Waals surface area contributed by atoms with Gasteiger partial charge in [-0.15, -0.1) is 12.4 Å². The summed E-state index contributed by atoms with van der Waals surface area (Å²) in [4.78, 5) is 14.1. The minimum atomic E-state index is -3.71. The lowest BCUT2D eigenvalue weighted by Gasteiger charge is -2.20. The van der Waals surface area contributed by atoms with Gasteiger partial charge in [0.25, 0.3) is 0 Å². The Morgan fingerprint density at radius 2 is 1.89 bits per heavy atom. The van der Waals surface area contributed by atoms with Crippen LogP contribution in [0.2, 0.25) is 0 Å². The van der Waals surface area contributed by atoms with Gasteiger partial charge >= 0.3 is 0 Å². The van der Waals surface area contributed by atoms with E-state index in [1.165, 1.54) is 12.1 Å². The smallest absolute Gasteiger partial charge is 0.240 e. The molecule has 1 aromatic rings. The van der Waals surface area contributed by atoms with E-state index in [2.05, 4.69) is 10.0 Å². The zero-order chi connectivity index (χ0) is 18.4. The summed E-state index contributed by atoms with van der Waals surface area (Å²) in [5.41, 5.74) is 0. The average molecular weight is 420 g/mol. The molecule has 10 heteroatoms. The summed E-state index contributed by atoms with van der Waals surface area (Å²) >= 11 is 0. The van der Waals surface area contributed by atoms with Gasteiger partial charge in [-0.05, 0) is 25.1 Å². The molecule has 0 unspecified atom stereocenters. The fraction of sp³-hybridized carbons (Fsp3) is 0.588.